The molecular weight excluding hydrogens is 314 g/mol. The van der Waals surface area contributed by atoms with Gasteiger partial charge in [0, 0.05) is 29.7 Å². The summed E-state index contributed by atoms with van der Waals surface area (Å²) < 4.78 is 22.7. The smallest absolute Gasteiger partial charge is 0.293 e. The predicted molar refractivity (Wildman–Crippen MR) is 83.2 cm³/mol. The highest BCUT2D eigenvalue weighted by molar-refractivity contribution is 8.00. The van der Waals surface area contributed by atoms with E-state index in [9.17, 15) is 18.5 Å². The second-order valence-corrected chi connectivity index (χ2v) is 8.01. The third-order valence-electron chi connectivity index (χ3n) is 3.67. The average molecular weight is 331 g/mol. The van der Waals surface area contributed by atoms with Gasteiger partial charge in [0.1, 0.15) is 5.69 Å². The number of rotatable bonds is 3. The summed E-state index contributed by atoms with van der Waals surface area (Å²) >= 11 is 1.82. The second kappa shape index (κ2) is 5.82. The normalized spacial score (nSPS) is 23.1. The van der Waals surface area contributed by atoms with E-state index in [2.05, 4.69) is 6.92 Å². The number of primary sulfonamides is 1. The Balaban J connectivity index is 2.51. The first kappa shape index (κ1) is 16.1. The van der Waals surface area contributed by atoms with Crippen molar-refractivity contribution < 1.29 is 13.3 Å². The molecule has 2 unspecified atom stereocenters. The first-order valence-corrected chi connectivity index (χ1v) is 9.01. The first-order valence-electron chi connectivity index (χ1n) is 6.41. The molecule has 2 N–H and O–H groups in total. The van der Waals surface area contributed by atoms with Crippen molar-refractivity contribution in [3.8, 4) is 0 Å². The van der Waals surface area contributed by atoms with E-state index in [1.807, 2.05) is 23.6 Å². The summed E-state index contributed by atoms with van der Waals surface area (Å²) in [5.41, 5.74) is 0.208. The maximum atomic E-state index is 11.3. The fourth-order valence-electron chi connectivity index (χ4n) is 2.34. The molecule has 0 aromatic heterocycles. The van der Waals surface area contributed by atoms with Crippen LogP contribution in [0.1, 0.15) is 13.8 Å². The van der Waals surface area contributed by atoms with Crippen LogP contribution < -0.4 is 10.0 Å². The molecule has 1 heterocycles. The number of benzene rings is 1. The zero-order chi connectivity index (χ0) is 15.8. The Morgan fingerprint density at radius 1 is 1.43 bits per heavy atom. The third kappa shape index (κ3) is 3.30. The summed E-state index contributed by atoms with van der Waals surface area (Å²) in [7, 11) is -3.96. The molecule has 9 heteroatoms. The van der Waals surface area contributed by atoms with Gasteiger partial charge in [0.05, 0.1) is 9.82 Å². The minimum atomic E-state index is -3.96. The molecule has 0 radical (unpaired) electrons. The molecule has 0 saturated carbocycles. The molecule has 0 aliphatic carbocycles. The van der Waals surface area contributed by atoms with Crippen LogP contribution in [0.15, 0.2) is 23.1 Å². The lowest BCUT2D eigenvalue weighted by Gasteiger charge is -2.38. The van der Waals surface area contributed by atoms with Gasteiger partial charge in [-0.25, -0.2) is 13.6 Å². The Labute approximate surface area is 127 Å². The summed E-state index contributed by atoms with van der Waals surface area (Å²) in [5.74, 6) is 0.875. The highest BCUT2D eigenvalue weighted by atomic mass is 32.2. The number of sulfonamides is 1. The summed E-state index contributed by atoms with van der Waals surface area (Å²) in [5, 5.41) is 16.6. The number of thioether (sulfide) groups is 1. The van der Waals surface area contributed by atoms with Gasteiger partial charge in [-0.3, -0.25) is 10.1 Å². The van der Waals surface area contributed by atoms with Crippen LogP contribution in [-0.4, -0.2) is 36.9 Å². The quantitative estimate of drug-likeness (QED) is 0.665. The first-order chi connectivity index (χ1) is 9.71. The van der Waals surface area contributed by atoms with Gasteiger partial charge >= 0.3 is 0 Å². The molecule has 116 valence electrons. The Morgan fingerprint density at radius 2 is 2.10 bits per heavy atom. The van der Waals surface area contributed by atoms with Gasteiger partial charge in [-0.2, -0.15) is 11.8 Å². The fraction of sp³-hybridized carbons (Fsp3) is 0.500. The van der Waals surface area contributed by atoms with Gasteiger partial charge in [0.15, 0.2) is 0 Å². The lowest BCUT2D eigenvalue weighted by atomic mass is 10.1. The van der Waals surface area contributed by atoms with E-state index in [1.165, 1.54) is 12.1 Å². The van der Waals surface area contributed by atoms with Crippen molar-refractivity contribution in [2.24, 2.45) is 5.14 Å². The molecule has 7 nitrogen and oxygen atoms in total. The molecule has 1 aromatic rings. The minimum Gasteiger partial charge on any atom is -0.361 e. The van der Waals surface area contributed by atoms with E-state index in [0.717, 1.165) is 11.8 Å². The second-order valence-electron chi connectivity index (χ2n) is 4.96. The van der Waals surface area contributed by atoms with E-state index in [4.69, 9.17) is 5.14 Å². The average Bonchev–Trinajstić information content (AvgIpc) is 2.40. The molecule has 21 heavy (non-hydrogen) atoms. The van der Waals surface area contributed by atoms with Gasteiger partial charge < -0.3 is 4.90 Å². The van der Waals surface area contributed by atoms with Crippen molar-refractivity contribution in [2.75, 3.05) is 17.2 Å². The molecule has 0 spiro atoms. The standard InChI is InChI=1S/C12H17N3O4S2/c1-8-9(2)20-6-5-14(8)11-4-3-10(21(13,18)19)7-12(11)15(16)17/h3-4,7-9H,5-6H2,1-2H3,(H2,13,18,19). The number of anilines is 1. The zero-order valence-corrected chi connectivity index (χ0v) is 13.4. The molecule has 2 rings (SSSR count). The van der Waals surface area contributed by atoms with Crippen LogP contribution in [0.5, 0.6) is 0 Å². The van der Waals surface area contributed by atoms with Gasteiger partial charge in [-0.15, -0.1) is 0 Å². The van der Waals surface area contributed by atoms with Crippen molar-refractivity contribution in [1.29, 1.82) is 0 Å². The number of nitro groups is 1. The molecule has 0 amide bonds. The predicted octanol–water partition coefficient (Wildman–Crippen LogP) is 1.57. The summed E-state index contributed by atoms with van der Waals surface area (Å²) in [6.07, 6.45) is 0. The van der Waals surface area contributed by atoms with Crippen LogP contribution in [0.3, 0.4) is 0 Å². The summed E-state index contributed by atoms with van der Waals surface area (Å²) in [6, 6.07) is 3.94. The molecule has 1 saturated heterocycles. The van der Waals surface area contributed by atoms with Gasteiger partial charge in [0.25, 0.3) is 5.69 Å². The Kier molecular flexibility index (Phi) is 4.45. The zero-order valence-electron chi connectivity index (χ0n) is 11.7. The number of nitrogens with two attached hydrogens (primary N) is 1. The Morgan fingerprint density at radius 3 is 2.67 bits per heavy atom. The summed E-state index contributed by atoms with van der Waals surface area (Å²) in [4.78, 5) is 12.4. The largest absolute Gasteiger partial charge is 0.361 e. The number of hydrogen-bond donors (Lipinski definition) is 1. The Hall–Kier alpha value is -1.32. The molecule has 1 aromatic carbocycles. The van der Waals surface area contributed by atoms with Crippen LogP contribution >= 0.6 is 11.8 Å². The topological polar surface area (TPSA) is 107 Å². The van der Waals surface area contributed by atoms with Crippen molar-refractivity contribution in [3.05, 3.63) is 28.3 Å². The highest BCUT2D eigenvalue weighted by Gasteiger charge is 2.30. The van der Waals surface area contributed by atoms with Crippen molar-refractivity contribution in [1.82, 2.24) is 0 Å². The van der Waals surface area contributed by atoms with E-state index in [1.54, 1.807) is 0 Å². The third-order valence-corrected chi connectivity index (χ3v) is 5.91. The molecule has 1 aliphatic rings. The van der Waals surface area contributed by atoms with E-state index >= 15 is 0 Å². The lowest BCUT2D eigenvalue weighted by Crippen LogP contribution is -2.45. The number of hydrogen-bond acceptors (Lipinski definition) is 6. The highest BCUT2D eigenvalue weighted by Crippen LogP contribution is 2.36. The molecule has 1 fully saturated rings. The van der Waals surface area contributed by atoms with Crippen LogP contribution in [0, 0.1) is 10.1 Å². The van der Waals surface area contributed by atoms with E-state index in [-0.39, 0.29) is 16.6 Å². The van der Waals surface area contributed by atoms with E-state index < -0.39 is 14.9 Å². The number of nitro benzene ring substituents is 1. The van der Waals surface area contributed by atoms with Crippen LogP contribution in [0.2, 0.25) is 0 Å². The molecule has 1 aliphatic heterocycles. The fourth-order valence-corrected chi connectivity index (χ4v) is 3.98. The Bertz CT molecular complexity index is 662. The molecular formula is C12H17N3O4S2. The van der Waals surface area contributed by atoms with Gasteiger partial charge in [-0.05, 0) is 19.1 Å². The minimum absolute atomic E-state index is 0.128. The summed E-state index contributed by atoms with van der Waals surface area (Å²) in [6.45, 7) is 4.77. The van der Waals surface area contributed by atoms with Crippen LogP contribution in [0.4, 0.5) is 11.4 Å². The van der Waals surface area contributed by atoms with Gasteiger partial charge in [0.2, 0.25) is 10.0 Å². The van der Waals surface area contributed by atoms with Crippen LogP contribution in [-0.2, 0) is 10.0 Å². The maximum absolute atomic E-state index is 11.3. The SMILES string of the molecule is CC1SCCN(c2ccc(S(N)(=O)=O)cc2[N+](=O)[O-])C1C. The van der Waals surface area contributed by atoms with Crippen molar-refractivity contribution >= 4 is 33.2 Å². The van der Waals surface area contributed by atoms with E-state index in [0.29, 0.717) is 17.5 Å². The molecule has 2 atom stereocenters. The van der Waals surface area contributed by atoms with Gasteiger partial charge in [-0.1, -0.05) is 6.92 Å². The maximum Gasteiger partial charge on any atom is 0.293 e. The van der Waals surface area contributed by atoms with Crippen molar-refractivity contribution in [2.45, 2.75) is 30.0 Å². The van der Waals surface area contributed by atoms with Crippen LogP contribution in [0.25, 0.3) is 0 Å². The molecule has 0 bridgehead atoms. The van der Waals surface area contributed by atoms with Crippen molar-refractivity contribution in [3.63, 3.8) is 0 Å². The number of nitrogens with zero attached hydrogens (tertiary/aromatic N) is 2. The monoisotopic (exact) mass is 331 g/mol. The lowest BCUT2D eigenvalue weighted by molar-refractivity contribution is -0.384.